The molecule has 0 aromatic heterocycles. The largest absolute Gasteiger partial charge is 0.0869 e. The van der Waals surface area contributed by atoms with Gasteiger partial charge in [-0.15, -0.1) is 0 Å². The molecule has 0 aliphatic rings. The minimum Gasteiger partial charge on any atom is -0.0654 e. The molecule has 0 saturated carbocycles. The second-order valence-electron chi connectivity index (χ2n) is 6.33. The lowest BCUT2D eigenvalue weighted by Gasteiger charge is -2.22. The van der Waals surface area contributed by atoms with Crippen molar-refractivity contribution in [2.75, 3.05) is 0 Å². The summed E-state index contributed by atoms with van der Waals surface area (Å²) < 4.78 is 2.68. The molecule has 1 rings (SSSR count). The number of unbranched alkanes of at least 4 members (excludes halogenated alkanes) is 3. The maximum atomic E-state index is 3.93. The van der Waals surface area contributed by atoms with Crippen LogP contribution in [-0.4, -0.2) is 8.07 Å². The van der Waals surface area contributed by atoms with Crippen LogP contribution in [0.5, 0.6) is 0 Å². The lowest BCUT2D eigenvalue weighted by molar-refractivity contribution is 0.678. The fourth-order valence-electron chi connectivity index (χ4n) is 2.25. The van der Waals surface area contributed by atoms with Crippen LogP contribution >= 0.6 is 31.9 Å². The molecule has 1 aromatic carbocycles. The monoisotopic (exact) mass is 416 g/mol. The molecule has 0 heterocycles. The number of allylic oxidation sites excluding steroid dienone is 1. The second kappa shape index (κ2) is 8.55. The van der Waals surface area contributed by atoms with Gasteiger partial charge in [0.2, 0.25) is 0 Å². The Kier molecular flexibility index (Phi) is 7.77. The summed E-state index contributed by atoms with van der Waals surface area (Å²) in [5.74, 6) is 0. The van der Waals surface area contributed by atoms with Crippen molar-refractivity contribution < 1.29 is 0 Å². The van der Waals surface area contributed by atoms with Gasteiger partial charge in [-0.3, -0.25) is 0 Å². The minimum absolute atomic E-state index is 1.17. The summed E-state index contributed by atoms with van der Waals surface area (Å²) in [6.45, 7) is 9.47. The summed E-state index contributed by atoms with van der Waals surface area (Å²) in [6, 6.07) is 8.61. The van der Waals surface area contributed by atoms with Gasteiger partial charge in [0.25, 0.3) is 0 Å². The summed E-state index contributed by atoms with van der Waals surface area (Å²) in [4.78, 5) is 0. The van der Waals surface area contributed by atoms with Crippen LogP contribution in [0.15, 0.2) is 32.8 Å². The molecule has 0 fully saturated rings. The molecule has 0 aliphatic heterocycles. The van der Waals surface area contributed by atoms with Crippen molar-refractivity contribution in [3.8, 4) is 0 Å². The number of rotatable bonds is 7. The minimum atomic E-state index is -1.32. The molecule has 0 unspecified atom stereocenters. The summed E-state index contributed by atoms with van der Waals surface area (Å²) in [5, 5.41) is 0. The van der Waals surface area contributed by atoms with E-state index in [-0.39, 0.29) is 0 Å². The average Bonchev–Trinajstić information content (AvgIpc) is 2.38. The molecule has 0 saturated heterocycles. The zero-order chi connectivity index (χ0) is 15.2. The first-order valence-electron chi connectivity index (χ1n) is 7.52. The van der Waals surface area contributed by atoms with Crippen LogP contribution in [0.3, 0.4) is 0 Å². The number of halogens is 2. The Labute approximate surface area is 142 Å². The second-order valence-corrected chi connectivity index (χ2v) is 13.7. The summed E-state index contributed by atoms with van der Waals surface area (Å²) >= 11 is 7.64. The maximum Gasteiger partial charge on any atom is 0.0869 e. The van der Waals surface area contributed by atoms with Gasteiger partial charge in [0, 0.05) is 4.47 Å². The fraction of sp³-hybridized carbons (Fsp3) is 0.529. The SMILES string of the molecule is CCCCCC/C(=C(/Br)[Si](C)(C)C)c1ccccc1Br. The Hall–Kier alpha value is 0.137. The Morgan fingerprint density at radius 3 is 2.25 bits per heavy atom. The third-order valence-corrected chi connectivity index (χ3v) is 9.76. The van der Waals surface area contributed by atoms with Crippen LogP contribution in [0.2, 0.25) is 19.6 Å². The predicted molar refractivity (Wildman–Crippen MR) is 102 cm³/mol. The van der Waals surface area contributed by atoms with E-state index in [1.54, 1.807) is 0 Å². The van der Waals surface area contributed by atoms with Gasteiger partial charge in [-0.25, -0.2) is 0 Å². The third-order valence-electron chi connectivity index (χ3n) is 3.40. The lowest BCUT2D eigenvalue weighted by Crippen LogP contribution is -2.21. The summed E-state index contributed by atoms with van der Waals surface area (Å²) in [5.41, 5.74) is 2.87. The Balaban J connectivity index is 3.06. The highest BCUT2D eigenvalue weighted by Gasteiger charge is 2.22. The highest BCUT2D eigenvalue weighted by atomic mass is 79.9. The quantitative estimate of drug-likeness (QED) is 0.320. The van der Waals surface area contributed by atoms with Gasteiger partial charge < -0.3 is 0 Å². The van der Waals surface area contributed by atoms with Gasteiger partial charge in [0.05, 0.1) is 8.07 Å². The first-order chi connectivity index (χ1) is 9.38. The first-order valence-corrected chi connectivity index (χ1v) is 12.6. The fourth-order valence-corrected chi connectivity index (χ4v) is 4.35. The van der Waals surface area contributed by atoms with Crippen molar-refractivity contribution in [2.45, 2.75) is 58.7 Å². The average molecular weight is 418 g/mol. The van der Waals surface area contributed by atoms with Crippen LogP contribution in [0.1, 0.15) is 44.6 Å². The Morgan fingerprint density at radius 2 is 1.70 bits per heavy atom. The van der Waals surface area contributed by atoms with E-state index < -0.39 is 8.07 Å². The molecule has 0 radical (unpaired) electrons. The van der Waals surface area contributed by atoms with Crippen molar-refractivity contribution >= 4 is 45.5 Å². The topological polar surface area (TPSA) is 0 Å². The van der Waals surface area contributed by atoms with Gasteiger partial charge in [-0.1, -0.05) is 95.9 Å². The zero-order valence-corrected chi connectivity index (χ0v) is 17.3. The van der Waals surface area contributed by atoms with Crippen LogP contribution < -0.4 is 0 Å². The highest BCUT2D eigenvalue weighted by molar-refractivity contribution is 9.12. The summed E-state index contributed by atoms with van der Waals surface area (Å²) in [6.07, 6.45) is 6.42. The molecule has 0 amide bonds. The van der Waals surface area contributed by atoms with E-state index in [1.165, 1.54) is 51.8 Å². The van der Waals surface area contributed by atoms with Gasteiger partial charge >= 0.3 is 0 Å². The smallest absolute Gasteiger partial charge is 0.0654 e. The van der Waals surface area contributed by atoms with Crippen molar-refractivity contribution in [1.29, 1.82) is 0 Å². The molecular weight excluding hydrogens is 392 g/mol. The lowest BCUT2D eigenvalue weighted by atomic mass is 10.0. The van der Waals surface area contributed by atoms with Crippen molar-refractivity contribution in [1.82, 2.24) is 0 Å². The zero-order valence-electron chi connectivity index (χ0n) is 13.1. The molecule has 20 heavy (non-hydrogen) atoms. The van der Waals surface area contributed by atoms with E-state index in [0.717, 1.165) is 0 Å². The molecule has 0 aliphatic carbocycles. The van der Waals surface area contributed by atoms with E-state index in [4.69, 9.17) is 0 Å². The molecular formula is C17H26Br2Si. The van der Waals surface area contributed by atoms with E-state index in [9.17, 15) is 0 Å². The predicted octanol–water partition coefficient (Wildman–Crippen LogP) is 7.40. The van der Waals surface area contributed by atoms with Gasteiger partial charge in [-0.05, 0) is 34.2 Å². The number of hydrogen-bond acceptors (Lipinski definition) is 0. The molecule has 0 bridgehead atoms. The van der Waals surface area contributed by atoms with E-state index >= 15 is 0 Å². The van der Waals surface area contributed by atoms with Crippen LogP contribution in [0, 0.1) is 0 Å². The standard InChI is InChI=1S/C17H26Br2Si/c1-5-6-7-8-12-15(17(19)20(2,3)4)14-11-9-10-13-16(14)18/h9-11,13H,5-8,12H2,1-4H3/b17-15+. The van der Waals surface area contributed by atoms with Crippen LogP contribution in [0.25, 0.3) is 5.57 Å². The van der Waals surface area contributed by atoms with E-state index in [0.29, 0.717) is 0 Å². The van der Waals surface area contributed by atoms with Gasteiger partial charge in [-0.2, -0.15) is 0 Å². The molecule has 0 atom stereocenters. The summed E-state index contributed by atoms with van der Waals surface area (Å²) in [7, 11) is -1.32. The molecule has 112 valence electrons. The van der Waals surface area contributed by atoms with E-state index in [2.05, 4.69) is 82.7 Å². The van der Waals surface area contributed by atoms with Gasteiger partial charge in [0.1, 0.15) is 0 Å². The Morgan fingerprint density at radius 1 is 1.05 bits per heavy atom. The number of benzene rings is 1. The molecule has 3 heteroatoms. The van der Waals surface area contributed by atoms with Crippen LogP contribution in [-0.2, 0) is 0 Å². The molecule has 0 spiro atoms. The third kappa shape index (κ3) is 5.49. The molecule has 0 nitrogen and oxygen atoms in total. The normalized spacial score (nSPS) is 13.3. The maximum absolute atomic E-state index is 3.93. The molecule has 1 aromatic rings. The highest BCUT2D eigenvalue weighted by Crippen LogP contribution is 2.36. The van der Waals surface area contributed by atoms with Crippen molar-refractivity contribution in [3.63, 3.8) is 0 Å². The van der Waals surface area contributed by atoms with Crippen molar-refractivity contribution in [2.24, 2.45) is 0 Å². The molecule has 0 N–H and O–H groups in total. The van der Waals surface area contributed by atoms with Crippen molar-refractivity contribution in [3.05, 3.63) is 38.4 Å². The van der Waals surface area contributed by atoms with Gasteiger partial charge in [0.15, 0.2) is 0 Å². The Bertz CT molecular complexity index is 458. The van der Waals surface area contributed by atoms with Crippen LogP contribution in [0.4, 0.5) is 0 Å². The number of hydrogen-bond donors (Lipinski definition) is 0. The van der Waals surface area contributed by atoms with E-state index in [1.807, 2.05) is 0 Å². The first kappa shape index (κ1) is 18.2.